The fourth-order valence-electron chi connectivity index (χ4n) is 4.67. The maximum atomic E-state index is 14.4. The van der Waals surface area contributed by atoms with Gasteiger partial charge in [-0.3, -0.25) is 9.32 Å². The minimum absolute atomic E-state index is 0.0676. The third-order valence-electron chi connectivity index (χ3n) is 7.18. The van der Waals surface area contributed by atoms with Gasteiger partial charge in [0, 0.05) is 0 Å². The van der Waals surface area contributed by atoms with Gasteiger partial charge in [-0.2, -0.15) is 15.4 Å². The molecule has 0 bridgehead atoms. The average Bonchev–Trinajstić information content (AvgIpc) is 3.54. The Bertz CT molecular complexity index is 1460. The van der Waals surface area contributed by atoms with E-state index in [1.54, 1.807) is 24.3 Å². The number of nitrogen functional groups attached to an aromatic ring is 1. The average molecular weight is 603 g/mol. The van der Waals surface area contributed by atoms with E-state index in [9.17, 15) is 24.8 Å². The number of carbonyl (C=O) groups excluding carboxylic acids is 1. The molecule has 42 heavy (non-hydrogen) atoms. The highest BCUT2D eigenvalue weighted by Crippen LogP contribution is 2.53. The molecule has 1 aromatic carbocycles. The first-order chi connectivity index (χ1) is 20.1. The number of aromatic nitrogens is 3. The molecule has 226 valence electrons. The van der Waals surface area contributed by atoms with Crippen LogP contribution in [0.3, 0.4) is 0 Å². The summed E-state index contributed by atoms with van der Waals surface area (Å²) in [7, 11) is -4.59. The summed E-state index contributed by atoms with van der Waals surface area (Å²) < 4.78 is 38.7. The quantitative estimate of drug-likeness (QED) is 0.164. The number of hydrogen-bond donors (Lipinski definition) is 4. The van der Waals surface area contributed by atoms with Crippen LogP contribution in [0.2, 0.25) is 0 Å². The van der Waals surface area contributed by atoms with E-state index in [1.165, 1.54) is 36.0 Å². The highest BCUT2D eigenvalue weighted by Gasteiger charge is 2.61. The number of carbonyl (C=O) groups is 1. The molecule has 3 heterocycles. The molecule has 2 aromatic heterocycles. The normalized spacial score (nSPS) is 24.3. The number of nitrogens with one attached hydrogen (secondary N) is 1. The SMILES string of the molecule is CCC(CC)COC(=O)[C@H](C)N[P@@](=O)(Oc1ccccc1)O[C@@H]1[C@H](O)[C@@H](CO)O[C@@]1(C#N)c1ccc2c(N)ncnn12. The Hall–Kier alpha value is -3.57. The van der Waals surface area contributed by atoms with Gasteiger partial charge in [0.15, 0.2) is 5.82 Å². The Morgan fingerprint density at radius 2 is 2.00 bits per heavy atom. The zero-order chi connectivity index (χ0) is 30.5. The van der Waals surface area contributed by atoms with Gasteiger partial charge < -0.3 is 29.9 Å². The van der Waals surface area contributed by atoms with Crippen molar-refractivity contribution in [3.8, 4) is 11.8 Å². The zero-order valence-electron chi connectivity index (χ0n) is 23.5. The number of benzene rings is 1. The number of ether oxygens (including phenoxy) is 2. The summed E-state index contributed by atoms with van der Waals surface area (Å²) in [6.07, 6.45) is -1.88. The third kappa shape index (κ3) is 6.27. The van der Waals surface area contributed by atoms with Crippen LogP contribution in [0, 0.1) is 17.2 Å². The summed E-state index contributed by atoms with van der Waals surface area (Å²) in [5.41, 5.74) is 4.21. The number of nitriles is 1. The van der Waals surface area contributed by atoms with Crippen molar-refractivity contribution < 1.29 is 38.1 Å². The number of nitrogens with zero attached hydrogens (tertiary/aromatic N) is 4. The molecular formula is C27H35N6O8P. The van der Waals surface area contributed by atoms with Crippen LogP contribution in [0.5, 0.6) is 5.75 Å². The lowest BCUT2D eigenvalue weighted by molar-refractivity contribution is -0.146. The van der Waals surface area contributed by atoms with E-state index in [-0.39, 0.29) is 29.8 Å². The van der Waals surface area contributed by atoms with E-state index in [2.05, 4.69) is 15.2 Å². The first-order valence-corrected chi connectivity index (χ1v) is 15.1. The number of esters is 1. The second-order valence-electron chi connectivity index (χ2n) is 9.93. The van der Waals surface area contributed by atoms with Gasteiger partial charge in [-0.05, 0) is 37.1 Å². The van der Waals surface area contributed by atoms with Crippen LogP contribution in [-0.2, 0) is 29.0 Å². The lowest BCUT2D eigenvalue weighted by Crippen LogP contribution is -2.45. The van der Waals surface area contributed by atoms with Crippen LogP contribution in [0.1, 0.15) is 39.3 Å². The first-order valence-electron chi connectivity index (χ1n) is 13.6. The van der Waals surface area contributed by atoms with Crippen LogP contribution >= 0.6 is 7.75 Å². The predicted molar refractivity (Wildman–Crippen MR) is 150 cm³/mol. The Balaban J connectivity index is 1.72. The molecule has 14 nitrogen and oxygen atoms in total. The topological polar surface area (TPSA) is 204 Å². The molecule has 0 radical (unpaired) electrons. The van der Waals surface area contributed by atoms with Crippen molar-refractivity contribution in [3.05, 3.63) is 54.5 Å². The molecule has 1 aliphatic heterocycles. The lowest BCUT2D eigenvalue weighted by atomic mass is 9.92. The number of nitrogens with two attached hydrogens (primary N) is 1. The number of para-hydroxylation sites is 1. The zero-order valence-corrected chi connectivity index (χ0v) is 24.4. The summed E-state index contributed by atoms with van der Waals surface area (Å²) in [5, 5.41) is 38.4. The van der Waals surface area contributed by atoms with Gasteiger partial charge in [-0.25, -0.2) is 14.1 Å². The standard InChI is InChI=1S/C27H35N6O8P/c1-4-18(5-2)14-38-26(36)17(3)32-42(37,40-19-9-7-6-8-10-19)41-24-23(35)21(13-34)39-27(24,15-28)22-12-11-20-25(29)30-16-31-33(20)22/h6-12,16-18,21,23-24,34-35H,4-5,13-14H2,1-3H3,(H,32,37)(H2,29,30,31)/t17-,21+,23+,24+,27-,42+/m0/s1. The van der Waals surface area contributed by atoms with E-state index in [0.717, 1.165) is 12.8 Å². The molecule has 6 atom stereocenters. The van der Waals surface area contributed by atoms with Gasteiger partial charge >= 0.3 is 13.7 Å². The molecular weight excluding hydrogens is 567 g/mol. The van der Waals surface area contributed by atoms with Crippen molar-refractivity contribution in [2.75, 3.05) is 18.9 Å². The molecule has 0 aliphatic carbocycles. The smallest absolute Gasteiger partial charge is 0.459 e. The highest BCUT2D eigenvalue weighted by molar-refractivity contribution is 7.52. The second-order valence-corrected chi connectivity index (χ2v) is 11.6. The fourth-order valence-corrected chi connectivity index (χ4v) is 6.38. The lowest BCUT2D eigenvalue weighted by Gasteiger charge is -2.31. The number of hydrogen-bond acceptors (Lipinski definition) is 12. The number of fused-ring (bicyclic) bond motifs is 1. The molecule has 1 saturated heterocycles. The molecule has 3 aromatic rings. The van der Waals surface area contributed by atoms with Gasteiger partial charge in [0.25, 0.3) is 0 Å². The molecule has 15 heteroatoms. The van der Waals surface area contributed by atoms with Crippen molar-refractivity contribution in [3.63, 3.8) is 0 Å². The predicted octanol–water partition coefficient (Wildman–Crippen LogP) is 2.31. The highest BCUT2D eigenvalue weighted by atomic mass is 31.2. The number of aliphatic hydroxyl groups is 2. The van der Waals surface area contributed by atoms with Gasteiger partial charge in [-0.1, -0.05) is 44.9 Å². The first kappa shape index (κ1) is 31.4. The monoisotopic (exact) mass is 602 g/mol. The largest absolute Gasteiger partial charge is 0.464 e. The van der Waals surface area contributed by atoms with E-state index in [0.29, 0.717) is 5.52 Å². The van der Waals surface area contributed by atoms with Gasteiger partial charge in [0.2, 0.25) is 5.60 Å². The van der Waals surface area contributed by atoms with E-state index < -0.39 is 50.3 Å². The minimum atomic E-state index is -4.59. The maximum absolute atomic E-state index is 14.4. The van der Waals surface area contributed by atoms with Crippen molar-refractivity contribution in [1.82, 2.24) is 19.7 Å². The van der Waals surface area contributed by atoms with E-state index in [1.807, 2.05) is 19.9 Å². The Morgan fingerprint density at radius 3 is 2.64 bits per heavy atom. The minimum Gasteiger partial charge on any atom is -0.464 e. The van der Waals surface area contributed by atoms with Gasteiger partial charge in [0.05, 0.1) is 18.9 Å². The van der Waals surface area contributed by atoms with Crippen LogP contribution in [0.25, 0.3) is 5.52 Å². The molecule has 4 rings (SSSR count). The molecule has 0 unspecified atom stereocenters. The van der Waals surface area contributed by atoms with Crippen molar-refractivity contribution >= 4 is 25.1 Å². The Morgan fingerprint density at radius 1 is 1.29 bits per heavy atom. The summed E-state index contributed by atoms with van der Waals surface area (Å²) in [4.78, 5) is 16.8. The van der Waals surface area contributed by atoms with Crippen molar-refractivity contribution in [2.45, 2.75) is 63.6 Å². The molecule has 0 amide bonds. The molecule has 0 saturated carbocycles. The second kappa shape index (κ2) is 13.2. The Kier molecular flexibility index (Phi) is 9.83. The third-order valence-corrected chi connectivity index (χ3v) is 8.84. The summed E-state index contributed by atoms with van der Waals surface area (Å²) in [5.74, 6) is -0.305. The molecule has 1 fully saturated rings. The number of rotatable bonds is 13. The van der Waals surface area contributed by atoms with Crippen molar-refractivity contribution in [2.24, 2.45) is 5.92 Å². The van der Waals surface area contributed by atoms with Crippen LogP contribution in [0.15, 0.2) is 48.8 Å². The van der Waals surface area contributed by atoms with Gasteiger partial charge in [-0.15, -0.1) is 0 Å². The number of anilines is 1. The Labute approximate surface area is 242 Å². The van der Waals surface area contributed by atoms with Crippen LogP contribution in [-0.4, -0.2) is 68.3 Å². The van der Waals surface area contributed by atoms with Gasteiger partial charge in [0.1, 0.15) is 48.0 Å². The number of aliphatic hydroxyl groups excluding tert-OH is 2. The summed E-state index contributed by atoms with van der Waals surface area (Å²) in [6.45, 7) is 4.89. The van der Waals surface area contributed by atoms with E-state index >= 15 is 0 Å². The van der Waals surface area contributed by atoms with Crippen LogP contribution < -0.4 is 15.3 Å². The molecule has 0 spiro atoms. The molecule has 5 N–H and O–H groups in total. The maximum Gasteiger partial charge on any atom is 0.459 e. The fraction of sp³-hybridized carbons (Fsp3) is 0.481. The summed E-state index contributed by atoms with van der Waals surface area (Å²) in [6, 6.07) is 11.9. The summed E-state index contributed by atoms with van der Waals surface area (Å²) >= 11 is 0. The van der Waals surface area contributed by atoms with Crippen LogP contribution in [0.4, 0.5) is 5.82 Å². The van der Waals surface area contributed by atoms with Crippen molar-refractivity contribution in [1.29, 1.82) is 5.26 Å². The van der Waals surface area contributed by atoms with E-state index in [4.69, 9.17) is 24.3 Å². The molecule has 1 aliphatic rings.